The molecule has 0 bridgehead atoms. The number of aromatic nitrogens is 2. The molecule has 1 unspecified atom stereocenters. The number of amides is 2. The van der Waals surface area contributed by atoms with Gasteiger partial charge in [-0.3, -0.25) is 14.9 Å². The molecule has 1 aromatic carbocycles. The fourth-order valence-corrected chi connectivity index (χ4v) is 4.50. The van der Waals surface area contributed by atoms with Crippen LogP contribution >= 0.6 is 23.1 Å². The van der Waals surface area contributed by atoms with E-state index in [1.54, 1.807) is 0 Å². The first kappa shape index (κ1) is 19.8. The summed E-state index contributed by atoms with van der Waals surface area (Å²) in [4.78, 5) is 25.6. The highest BCUT2D eigenvalue weighted by Crippen LogP contribution is 2.28. The monoisotopic (exact) mass is 404 g/mol. The maximum absolute atomic E-state index is 12.3. The summed E-state index contributed by atoms with van der Waals surface area (Å²) in [6.07, 6.45) is 5.50. The molecule has 2 amide bonds. The van der Waals surface area contributed by atoms with E-state index in [9.17, 15) is 9.59 Å². The third kappa shape index (κ3) is 5.77. The van der Waals surface area contributed by atoms with E-state index in [2.05, 4.69) is 20.8 Å². The number of thioether (sulfide) groups is 1. The largest absolute Gasteiger partial charge is 0.326 e. The molecular formula is C19H24N4O2S2. The van der Waals surface area contributed by atoms with Crippen molar-refractivity contribution in [2.24, 2.45) is 5.92 Å². The van der Waals surface area contributed by atoms with Gasteiger partial charge in [-0.1, -0.05) is 30.6 Å². The van der Waals surface area contributed by atoms with Crippen molar-refractivity contribution in [3.8, 4) is 0 Å². The molecule has 27 heavy (non-hydrogen) atoms. The molecule has 6 nitrogen and oxygen atoms in total. The number of anilines is 2. The van der Waals surface area contributed by atoms with Crippen LogP contribution in [-0.4, -0.2) is 27.3 Å². The number of hydrogen-bond acceptors (Lipinski definition) is 6. The van der Waals surface area contributed by atoms with Crippen LogP contribution in [0, 0.1) is 12.8 Å². The minimum absolute atomic E-state index is 0.106. The zero-order valence-electron chi connectivity index (χ0n) is 15.5. The molecule has 1 atom stereocenters. The van der Waals surface area contributed by atoms with Crippen molar-refractivity contribution in [3.05, 3.63) is 29.3 Å². The minimum Gasteiger partial charge on any atom is -0.326 e. The SMILES string of the molecule is Cc1nnc(NC(=O)C(C)Sc2ccc(NC(=O)C3CCCCC3)cc2)s1. The highest BCUT2D eigenvalue weighted by atomic mass is 32.2. The second-order valence-corrected chi connectivity index (χ2v) is 9.32. The first-order valence-corrected chi connectivity index (χ1v) is 10.9. The van der Waals surface area contributed by atoms with Crippen molar-refractivity contribution in [3.63, 3.8) is 0 Å². The number of nitrogens with zero attached hydrogens (tertiary/aromatic N) is 2. The third-order valence-electron chi connectivity index (χ3n) is 4.54. The maximum Gasteiger partial charge on any atom is 0.239 e. The standard InChI is InChI=1S/C19H24N4O2S2/c1-12(17(24)21-19-23-22-13(2)27-19)26-16-10-8-15(9-11-16)20-18(25)14-6-4-3-5-7-14/h8-12,14H,3-7H2,1-2H3,(H,20,25)(H,21,23,24). The van der Waals surface area contributed by atoms with Gasteiger partial charge in [-0.25, -0.2) is 0 Å². The number of hydrogen-bond donors (Lipinski definition) is 2. The number of nitrogens with one attached hydrogen (secondary N) is 2. The van der Waals surface area contributed by atoms with Gasteiger partial charge in [0.05, 0.1) is 5.25 Å². The van der Waals surface area contributed by atoms with Crippen LogP contribution in [0.5, 0.6) is 0 Å². The zero-order valence-corrected chi connectivity index (χ0v) is 17.2. The van der Waals surface area contributed by atoms with Crippen LogP contribution in [0.2, 0.25) is 0 Å². The quantitative estimate of drug-likeness (QED) is 0.693. The predicted molar refractivity (Wildman–Crippen MR) is 110 cm³/mol. The van der Waals surface area contributed by atoms with E-state index in [0.29, 0.717) is 5.13 Å². The van der Waals surface area contributed by atoms with Gasteiger partial charge in [0.25, 0.3) is 0 Å². The van der Waals surface area contributed by atoms with Crippen LogP contribution in [0.15, 0.2) is 29.2 Å². The van der Waals surface area contributed by atoms with Crippen molar-refractivity contribution in [1.29, 1.82) is 0 Å². The van der Waals surface area contributed by atoms with Gasteiger partial charge in [0.2, 0.25) is 16.9 Å². The van der Waals surface area contributed by atoms with Gasteiger partial charge in [0.15, 0.2) is 0 Å². The Labute approximate surface area is 167 Å². The molecule has 1 saturated carbocycles. The minimum atomic E-state index is -0.267. The molecule has 1 aliphatic rings. The van der Waals surface area contributed by atoms with Crippen LogP contribution in [0.3, 0.4) is 0 Å². The Balaban J connectivity index is 1.50. The molecule has 1 heterocycles. The van der Waals surface area contributed by atoms with E-state index < -0.39 is 0 Å². The molecule has 1 aliphatic carbocycles. The smallest absolute Gasteiger partial charge is 0.239 e. The van der Waals surface area contributed by atoms with Crippen molar-refractivity contribution in [2.75, 3.05) is 10.6 Å². The molecule has 1 fully saturated rings. The van der Waals surface area contributed by atoms with Gasteiger partial charge in [-0.15, -0.1) is 22.0 Å². The average Bonchev–Trinajstić information content (AvgIpc) is 3.08. The van der Waals surface area contributed by atoms with E-state index in [1.165, 1.54) is 29.5 Å². The number of carbonyl (C=O) groups is 2. The molecule has 144 valence electrons. The van der Waals surface area contributed by atoms with Crippen LogP contribution in [0.4, 0.5) is 10.8 Å². The van der Waals surface area contributed by atoms with E-state index in [0.717, 1.165) is 41.3 Å². The van der Waals surface area contributed by atoms with Gasteiger partial charge >= 0.3 is 0 Å². The van der Waals surface area contributed by atoms with Gasteiger partial charge in [0, 0.05) is 16.5 Å². The number of benzene rings is 1. The lowest BCUT2D eigenvalue weighted by molar-refractivity contribution is -0.120. The van der Waals surface area contributed by atoms with Gasteiger partial charge in [-0.05, 0) is 51.0 Å². The van der Waals surface area contributed by atoms with E-state index in [1.807, 2.05) is 38.1 Å². The Hall–Kier alpha value is -1.93. The molecule has 2 N–H and O–H groups in total. The highest BCUT2D eigenvalue weighted by molar-refractivity contribution is 8.00. The van der Waals surface area contributed by atoms with Crippen molar-refractivity contribution < 1.29 is 9.59 Å². The Kier molecular flexibility index (Phi) is 6.84. The van der Waals surface area contributed by atoms with E-state index >= 15 is 0 Å². The maximum atomic E-state index is 12.3. The summed E-state index contributed by atoms with van der Waals surface area (Å²) < 4.78 is 0. The number of aryl methyl sites for hydroxylation is 1. The van der Waals surface area contributed by atoms with Crippen LogP contribution in [-0.2, 0) is 9.59 Å². The lowest BCUT2D eigenvalue weighted by Gasteiger charge is -2.20. The topological polar surface area (TPSA) is 84.0 Å². The summed E-state index contributed by atoms with van der Waals surface area (Å²) in [5, 5.41) is 14.7. The molecule has 0 saturated heterocycles. The fraction of sp³-hybridized carbons (Fsp3) is 0.474. The first-order valence-electron chi connectivity index (χ1n) is 9.20. The van der Waals surface area contributed by atoms with Crippen molar-refractivity contribution in [1.82, 2.24) is 10.2 Å². The molecule has 2 aromatic rings. The zero-order chi connectivity index (χ0) is 19.2. The normalized spacial score (nSPS) is 15.9. The second-order valence-electron chi connectivity index (χ2n) is 6.72. The molecule has 8 heteroatoms. The summed E-state index contributed by atoms with van der Waals surface area (Å²) in [7, 11) is 0. The summed E-state index contributed by atoms with van der Waals surface area (Å²) in [5.74, 6) is 0.154. The Morgan fingerprint density at radius 1 is 1.11 bits per heavy atom. The lowest BCUT2D eigenvalue weighted by Crippen LogP contribution is -2.24. The van der Waals surface area contributed by atoms with Crippen LogP contribution in [0.1, 0.15) is 44.0 Å². The molecule has 0 aliphatic heterocycles. The fourth-order valence-electron chi connectivity index (χ4n) is 3.04. The number of carbonyl (C=O) groups excluding carboxylic acids is 2. The molecule has 3 rings (SSSR count). The van der Waals surface area contributed by atoms with Crippen LogP contribution < -0.4 is 10.6 Å². The summed E-state index contributed by atoms with van der Waals surface area (Å²) in [5.41, 5.74) is 0.802. The Bertz CT molecular complexity index is 785. The Morgan fingerprint density at radius 2 is 1.81 bits per heavy atom. The Morgan fingerprint density at radius 3 is 2.44 bits per heavy atom. The van der Waals surface area contributed by atoms with E-state index in [4.69, 9.17) is 0 Å². The predicted octanol–water partition coefficient (Wildman–Crippen LogP) is 4.48. The summed E-state index contributed by atoms with van der Waals surface area (Å²) >= 11 is 2.82. The summed E-state index contributed by atoms with van der Waals surface area (Å²) in [6.45, 7) is 3.70. The molecule has 0 radical (unpaired) electrons. The molecule has 1 aromatic heterocycles. The molecule has 0 spiro atoms. The van der Waals surface area contributed by atoms with Crippen LogP contribution in [0.25, 0.3) is 0 Å². The van der Waals surface area contributed by atoms with E-state index in [-0.39, 0.29) is 23.0 Å². The molecular weight excluding hydrogens is 380 g/mol. The average molecular weight is 405 g/mol. The summed E-state index contributed by atoms with van der Waals surface area (Å²) in [6, 6.07) is 7.64. The van der Waals surface area contributed by atoms with Gasteiger partial charge in [-0.2, -0.15) is 0 Å². The second kappa shape index (κ2) is 9.32. The highest BCUT2D eigenvalue weighted by Gasteiger charge is 2.21. The van der Waals surface area contributed by atoms with Gasteiger partial charge < -0.3 is 5.32 Å². The third-order valence-corrected chi connectivity index (χ3v) is 6.40. The number of rotatable bonds is 6. The van der Waals surface area contributed by atoms with Crippen molar-refractivity contribution >= 4 is 45.7 Å². The first-order chi connectivity index (χ1) is 13.0. The van der Waals surface area contributed by atoms with Gasteiger partial charge in [0.1, 0.15) is 5.01 Å². The lowest BCUT2D eigenvalue weighted by atomic mass is 9.88. The van der Waals surface area contributed by atoms with Crippen molar-refractivity contribution in [2.45, 2.75) is 56.1 Å².